The van der Waals surface area contributed by atoms with E-state index in [0.29, 0.717) is 33.6 Å². The summed E-state index contributed by atoms with van der Waals surface area (Å²) < 4.78 is 39.1. The second-order valence-corrected chi connectivity index (χ2v) is 9.19. The first-order chi connectivity index (χ1) is 15.2. The van der Waals surface area contributed by atoms with E-state index in [9.17, 15) is 13.2 Å². The molecule has 0 N–H and O–H groups in total. The maximum atomic E-state index is 12.3. The predicted molar refractivity (Wildman–Crippen MR) is 123 cm³/mol. The molecular weight excluding hydrogens is 475 g/mol. The van der Waals surface area contributed by atoms with Crippen molar-refractivity contribution in [2.24, 2.45) is 4.40 Å². The highest BCUT2D eigenvalue weighted by atomic mass is 35.5. The maximum Gasteiger partial charge on any atom is 0.349 e. The molecule has 4 rings (SSSR count). The number of benzene rings is 3. The van der Waals surface area contributed by atoms with Crippen LogP contribution in [0.2, 0.25) is 10.0 Å². The molecule has 3 aromatic carbocycles. The van der Waals surface area contributed by atoms with Gasteiger partial charge in [-0.25, -0.2) is 4.79 Å². The van der Waals surface area contributed by atoms with Crippen LogP contribution in [0.3, 0.4) is 0 Å². The van der Waals surface area contributed by atoms with Gasteiger partial charge in [-0.1, -0.05) is 35.3 Å². The summed E-state index contributed by atoms with van der Waals surface area (Å²) in [6.45, 7) is -0.339. The monoisotopic (exact) mass is 490 g/mol. The van der Waals surface area contributed by atoms with Gasteiger partial charge < -0.3 is 14.4 Å². The summed E-state index contributed by atoms with van der Waals surface area (Å²) in [5.74, 6) is 0.327. The summed E-state index contributed by atoms with van der Waals surface area (Å²) in [6, 6.07) is 17.9. The fraction of sp³-hybridized carbons (Fsp3) is 0.0909. The fourth-order valence-electron chi connectivity index (χ4n) is 3.08. The van der Waals surface area contributed by atoms with E-state index in [2.05, 4.69) is 4.40 Å². The number of halogens is 2. The highest BCUT2D eigenvalue weighted by Gasteiger charge is 2.30. The number of nitrogens with zero attached hydrogens (tertiary/aromatic N) is 2. The van der Waals surface area contributed by atoms with E-state index in [1.54, 1.807) is 66.5 Å². The molecule has 0 unspecified atom stereocenters. The molecule has 1 aliphatic heterocycles. The number of amidine groups is 1. The third-order valence-electron chi connectivity index (χ3n) is 4.63. The Kier molecular flexibility index (Phi) is 6.10. The molecule has 7 nitrogen and oxygen atoms in total. The third-order valence-corrected chi connectivity index (χ3v) is 6.48. The van der Waals surface area contributed by atoms with Gasteiger partial charge in [-0.3, -0.25) is 0 Å². The van der Waals surface area contributed by atoms with E-state index in [1.165, 1.54) is 12.1 Å². The van der Waals surface area contributed by atoms with Crippen molar-refractivity contribution in [3.8, 4) is 11.5 Å². The van der Waals surface area contributed by atoms with Gasteiger partial charge in [0.25, 0.3) is 10.0 Å². The van der Waals surface area contributed by atoms with Crippen molar-refractivity contribution in [1.29, 1.82) is 0 Å². The Morgan fingerprint density at radius 3 is 2.47 bits per heavy atom. The third kappa shape index (κ3) is 4.57. The lowest BCUT2D eigenvalue weighted by Crippen LogP contribution is -2.26. The largest absolute Gasteiger partial charge is 0.480 e. The highest BCUT2D eigenvalue weighted by Crippen LogP contribution is 2.30. The molecule has 0 spiro atoms. The summed E-state index contributed by atoms with van der Waals surface area (Å²) in [7, 11) is -2.01. The first-order valence-corrected chi connectivity index (χ1v) is 11.5. The van der Waals surface area contributed by atoms with Gasteiger partial charge in [0.2, 0.25) is 0 Å². The van der Waals surface area contributed by atoms with Gasteiger partial charge in [0, 0.05) is 23.3 Å². The van der Waals surface area contributed by atoms with Crippen LogP contribution in [0.1, 0.15) is 5.56 Å². The Balaban J connectivity index is 1.42. The summed E-state index contributed by atoms with van der Waals surface area (Å²) in [5.41, 5.74) is 1.20. The lowest BCUT2D eigenvalue weighted by molar-refractivity contribution is -0.136. The average molecular weight is 491 g/mol. The van der Waals surface area contributed by atoms with Crippen LogP contribution < -0.4 is 14.4 Å². The Labute approximate surface area is 194 Å². The Hall–Kier alpha value is -3.07. The highest BCUT2D eigenvalue weighted by molar-refractivity contribution is 7.90. The summed E-state index contributed by atoms with van der Waals surface area (Å²) in [6.07, 6.45) is 0. The minimum atomic E-state index is -3.72. The van der Waals surface area contributed by atoms with Gasteiger partial charge in [-0.05, 0) is 54.6 Å². The molecule has 0 radical (unpaired) electrons. The zero-order valence-electron chi connectivity index (χ0n) is 16.7. The summed E-state index contributed by atoms with van der Waals surface area (Å²) >= 11 is 11.8. The van der Waals surface area contributed by atoms with Gasteiger partial charge in [0.15, 0.2) is 12.4 Å². The number of carbonyl (C=O) groups is 1. The number of anilines is 1. The minimum absolute atomic E-state index is 0.174. The van der Waals surface area contributed by atoms with Gasteiger partial charge in [-0.2, -0.15) is 8.42 Å². The van der Waals surface area contributed by atoms with Crippen LogP contribution in [0.5, 0.6) is 11.5 Å². The van der Waals surface area contributed by atoms with E-state index in [4.69, 9.17) is 32.7 Å². The van der Waals surface area contributed by atoms with Crippen molar-refractivity contribution in [3.05, 3.63) is 82.3 Å². The smallest absolute Gasteiger partial charge is 0.349 e. The molecule has 0 saturated heterocycles. The van der Waals surface area contributed by atoms with Crippen LogP contribution in [-0.2, 0) is 14.8 Å². The quantitative estimate of drug-likeness (QED) is 0.384. The van der Waals surface area contributed by atoms with Crippen LogP contribution in [-0.4, -0.2) is 33.9 Å². The molecule has 0 fully saturated rings. The number of rotatable bonds is 5. The molecule has 0 saturated carbocycles. The van der Waals surface area contributed by atoms with E-state index in [-0.39, 0.29) is 16.5 Å². The zero-order valence-corrected chi connectivity index (χ0v) is 19.0. The van der Waals surface area contributed by atoms with Crippen molar-refractivity contribution >= 4 is 50.7 Å². The van der Waals surface area contributed by atoms with E-state index < -0.39 is 16.0 Å². The molecule has 10 heteroatoms. The SMILES string of the molecule is CN(C1=NS(=O)(=O)c2ccccc21)c1ccc(OC(=O)COc2ccc(Cl)cc2Cl)cc1. The van der Waals surface area contributed by atoms with Crippen molar-refractivity contribution < 1.29 is 22.7 Å². The number of carbonyl (C=O) groups excluding carboxylic acids is 1. The summed E-state index contributed by atoms with van der Waals surface area (Å²) in [4.78, 5) is 13.9. The van der Waals surface area contributed by atoms with E-state index in [1.807, 2.05) is 0 Å². The lowest BCUT2D eigenvalue weighted by atomic mass is 10.2. The topological polar surface area (TPSA) is 85.3 Å². The van der Waals surface area contributed by atoms with Crippen molar-refractivity contribution in [3.63, 3.8) is 0 Å². The van der Waals surface area contributed by atoms with Crippen molar-refractivity contribution in [1.82, 2.24) is 0 Å². The van der Waals surface area contributed by atoms with Crippen LogP contribution in [0.15, 0.2) is 76.0 Å². The number of hydrogen-bond donors (Lipinski definition) is 0. The van der Waals surface area contributed by atoms with Gasteiger partial charge >= 0.3 is 5.97 Å². The molecule has 0 bridgehead atoms. The Morgan fingerprint density at radius 2 is 1.75 bits per heavy atom. The summed E-state index contributed by atoms with van der Waals surface area (Å²) in [5, 5.41) is 0.746. The number of esters is 1. The molecule has 3 aromatic rings. The Bertz CT molecular complexity index is 1320. The average Bonchev–Trinajstić information content (AvgIpc) is 3.04. The first kappa shape index (κ1) is 22.1. The molecule has 0 atom stereocenters. The predicted octanol–water partition coefficient (Wildman–Crippen LogP) is 4.56. The van der Waals surface area contributed by atoms with Crippen LogP contribution in [0.25, 0.3) is 0 Å². The zero-order chi connectivity index (χ0) is 22.9. The fourth-order valence-corrected chi connectivity index (χ4v) is 4.78. The molecule has 1 aliphatic rings. The standard InChI is InChI=1S/C22H16Cl2N2O5S/c1-26(22-17-4-2-3-5-20(17)32(28,29)25-22)15-7-9-16(10-8-15)31-21(27)13-30-19-11-6-14(23)12-18(19)24/h2-12H,13H2,1H3. The van der Waals surface area contributed by atoms with Crippen LogP contribution in [0.4, 0.5) is 5.69 Å². The van der Waals surface area contributed by atoms with Crippen molar-refractivity contribution in [2.75, 3.05) is 18.6 Å². The normalized spacial score (nSPS) is 13.8. The second kappa shape index (κ2) is 8.82. The van der Waals surface area contributed by atoms with Crippen molar-refractivity contribution in [2.45, 2.75) is 4.90 Å². The van der Waals surface area contributed by atoms with Crippen LogP contribution in [0, 0.1) is 0 Å². The molecule has 164 valence electrons. The molecule has 0 aliphatic carbocycles. The number of sulfonamides is 1. The number of fused-ring (bicyclic) bond motifs is 1. The molecule has 32 heavy (non-hydrogen) atoms. The second-order valence-electron chi connectivity index (χ2n) is 6.78. The van der Waals surface area contributed by atoms with Gasteiger partial charge in [0.05, 0.1) is 5.02 Å². The number of hydrogen-bond acceptors (Lipinski definition) is 6. The molecule has 1 heterocycles. The van der Waals surface area contributed by atoms with Gasteiger partial charge in [0.1, 0.15) is 16.4 Å². The number of ether oxygens (including phenoxy) is 2. The maximum absolute atomic E-state index is 12.3. The molecule has 0 amide bonds. The Morgan fingerprint density at radius 1 is 1.03 bits per heavy atom. The first-order valence-electron chi connectivity index (χ1n) is 9.31. The van der Waals surface area contributed by atoms with Crippen LogP contribution >= 0.6 is 23.2 Å². The lowest BCUT2D eigenvalue weighted by Gasteiger charge is -2.19. The van der Waals surface area contributed by atoms with E-state index >= 15 is 0 Å². The molecular formula is C22H16Cl2N2O5S. The van der Waals surface area contributed by atoms with E-state index in [0.717, 1.165) is 0 Å². The van der Waals surface area contributed by atoms with Gasteiger partial charge in [-0.15, -0.1) is 4.40 Å². The molecule has 0 aromatic heterocycles. The minimum Gasteiger partial charge on any atom is -0.480 e.